The Balaban J connectivity index is 1.85. The molecule has 0 fully saturated rings. The SMILES string of the molecule is CC[C@@H](C)c1nc2c(CCCN=C(N)N)nc(-c3c[nH]c4ccccc34)cn2c1O. The zero-order chi connectivity index (χ0) is 21.3. The molecule has 0 aliphatic rings. The first-order valence-electron chi connectivity index (χ1n) is 10.2. The quantitative estimate of drug-likeness (QED) is 0.213. The Morgan fingerprint density at radius 2 is 2.07 bits per heavy atom. The molecule has 0 unspecified atom stereocenters. The van der Waals surface area contributed by atoms with E-state index < -0.39 is 0 Å². The molecule has 0 bridgehead atoms. The average Bonchev–Trinajstić information content (AvgIpc) is 3.32. The number of hydrogen-bond donors (Lipinski definition) is 4. The van der Waals surface area contributed by atoms with E-state index in [4.69, 9.17) is 21.4 Å². The molecule has 4 rings (SSSR count). The van der Waals surface area contributed by atoms with Crippen LogP contribution in [0, 0.1) is 0 Å². The summed E-state index contributed by atoms with van der Waals surface area (Å²) in [5.74, 6) is 0.405. The summed E-state index contributed by atoms with van der Waals surface area (Å²) in [6.07, 6.45) is 6.07. The lowest BCUT2D eigenvalue weighted by Crippen LogP contribution is -2.23. The Hall–Kier alpha value is -3.55. The number of aromatic nitrogens is 4. The second-order valence-corrected chi connectivity index (χ2v) is 7.55. The molecule has 3 heterocycles. The van der Waals surface area contributed by atoms with Gasteiger partial charge in [0.05, 0.1) is 11.4 Å². The topological polar surface area (TPSA) is 131 Å². The van der Waals surface area contributed by atoms with E-state index in [2.05, 4.69) is 29.9 Å². The summed E-state index contributed by atoms with van der Waals surface area (Å²) in [5, 5.41) is 12.0. The number of imidazole rings is 1. The summed E-state index contributed by atoms with van der Waals surface area (Å²) >= 11 is 0. The van der Waals surface area contributed by atoms with Gasteiger partial charge in [-0.3, -0.25) is 9.39 Å². The van der Waals surface area contributed by atoms with E-state index >= 15 is 0 Å². The van der Waals surface area contributed by atoms with Crippen molar-refractivity contribution in [2.45, 2.75) is 39.0 Å². The van der Waals surface area contributed by atoms with Crippen LogP contribution < -0.4 is 11.5 Å². The highest BCUT2D eigenvalue weighted by Crippen LogP contribution is 2.33. The highest BCUT2D eigenvalue weighted by Gasteiger charge is 2.20. The van der Waals surface area contributed by atoms with Gasteiger partial charge in [-0.05, 0) is 25.3 Å². The fourth-order valence-electron chi connectivity index (χ4n) is 3.67. The Kier molecular flexibility index (Phi) is 5.31. The maximum Gasteiger partial charge on any atom is 0.219 e. The number of aliphatic imine (C=N–C) groups is 1. The molecule has 0 aliphatic carbocycles. The number of para-hydroxylation sites is 1. The highest BCUT2D eigenvalue weighted by atomic mass is 16.3. The van der Waals surface area contributed by atoms with Crippen molar-refractivity contribution in [2.24, 2.45) is 16.5 Å². The maximum atomic E-state index is 10.9. The van der Waals surface area contributed by atoms with Gasteiger partial charge in [0.15, 0.2) is 11.6 Å². The second-order valence-electron chi connectivity index (χ2n) is 7.55. The van der Waals surface area contributed by atoms with E-state index in [0.29, 0.717) is 24.3 Å². The number of H-pyrrole nitrogens is 1. The highest BCUT2D eigenvalue weighted by molar-refractivity contribution is 5.94. The number of hydrogen-bond acceptors (Lipinski definition) is 4. The number of nitrogens with one attached hydrogen (secondary N) is 1. The predicted octanol–water partition coefficient (Wildman–Crippen LogP) is 3.30. The van der Waals surface area contributed by atoms with Crippen LogP contribution in [0.15, 0.2) is 41.7 Å². The van der Waals surface area contributed by atoms with Crippen LogP contribution in [-0.2, 0) is 6.42 Å². The van der Waals surface area contributed by atoms with Gasteiger partial charge in [0.1, 0.15) is 5.69 Å². The largest absolute Gasteiger partial charge is 0.493 e. The lowest BCUT2D eigenvalue weighted by molar-refractivity contribution is 0.435. The number of fused-ring (bicyclic) bond motifs is 2. The molecule has 4 aromatic rings. The third-order valence-corrected chi connectivity index (χ3v) is 5.49. The van der Waals surface area contributed by atoms with Gasteiger partial charge in [0.25, 0.3) is 0 Å². The van der Waals surface area contributed by atoms with Crippen LogP contribution in [0.1, 0.15) is 44.0 Å². The second kappa shape index (κ2) is 8.06. The van der Waals surface area contributed by atoms with Crippen molar-refractivity contribution in [1.29, 1.82) is 0 Å². The molecule has 3 aromatic heterocycles. The van der Waals surface area contributed by atoms with Crippen molar-refractivity contribution in [3.63, 3.8) is 0 Å². The molecule has 0 saturated carbocycles. The number of aromatic hydroxyl groups is 1. The van der Waals surface area contributed by atoms with Gasteiger partial charge in [-0.2, -0.15) is 0 Å². The molecule has 0 saturated heterocycles. The molecule has 8 nitrogen and oxygen atoms in total. The standard InChI is InChI=1S/C22H27N7O/c1-3-13(2)19-21(30)29-12-18(15-11-26-16-8-5-4-7-14(15)16)27-17(20(29)28-19)9-6-10-25-22(23)24/h4-5,7-8,11-13,26,30H,3,6,9-10H2,1-2H3,(H4,23,24,25)/t13-/m1/s1. The third kappa shape index (κ3) is 3.56. The van der Waals surface area contributed by atoms with Crippen LogP contribution in [0.25, 0.3) is 27.8 Å². The van der Waals surface area contributed by atoms with Gasteiger partial charge in [0.2, 0.25) is 5.88 Å². The number of aryl methyl sites for hydroxylation is 1. The van der Waals surface area contributed by atoms with E-state index in [1.807, 2.05) is 30.6 Å². The van der Waals surface area contributed by atoms with Crippen LogP contribution >= 0.6 is 0 Å². The van der Waals surface area contributed by atoms with Crippen molar-refractivity contribution in [3.8, 4) is 17.1 Å². The van der Waals surface area contributed by atoms with Crippen LogP contribution in [-0.4, -0.2) is 37.0 Å². The van der Waals surface area contributed by atoms with Crippen molar-refractivity contribution < 1.29 is 5.11 Å². The predicted molar refractivity (Wildman–Crippen MR) is 120 cm³/mol. The summed E-state index contributed by atoms with van der Waals surface area (Å²) in [4.78, 5) is 17.0. The first kappa shape index (κ1) is 19.8. The third-order valence-electron chi connectivity index (χ3n) is 5.49. The number of nitrogens with two attached hydrogens (primary N) is 2. The maximum absolute atomic E-state index is 10.9. The smallest absolute Gasteiger partial charge is 0.219 e. The number of nitrogens with zero attached hydrogens (tertiary/aromatic N) is 4. The van der Waals surface area contributed by atoms with E-state index in [-0.39, 0.29) is 17.8 Å². The minimum absolute atomic E-state index is 0.0816. The lowest BCUT2D eigenvalue weighted by atomic mass is 10.1. The number of guanidine groups is 1. The van der Waals surface area contributed by atoms with E-state index in [1.165, 1.54) is 0 Å². The molecule has 6 N–H and O–H groups in total. The van der Waals surface area contributed by atoms with Crippen molar-refractivity contribution in [3.05, 3.63) is 48.0 Å². The molecule has 1 atom stereocenters. The number of aromatic amines is 1. The van der Waals surface area contributed by atoms with Gasteiger partial charge >= 0.3 is 0 Å². The van der Waals surface area contributed by atoms with Gasteiger partial charge in [-0.15, -0.1) is 0 Å². The first-order valence-corrected chi connectivity index (χ1v) is 10.2. The minimum atomic E-state index is 0.0816. The fourth-order valence-corrected chi connectivity index (χ4v) is 3.67. The normalized spacial score (nSPS) is 12.5. The Morgan fingerprint density at radius 1 is 1.27 bits per heavy atom. The van der Waals surface area contributed by atoms with Crippen molar-refractivity contribution >= 4 is 22.5 Å². The van der Waals surface area contributed by atoms with E-state index in [1.54, 1.807) is 4.40 Å². The number of benzene rings is 1. The Bertz CT molecular complexity index is 1220. The summed E-state index contributed by atoms with van der Waals surface area (Å²) in [6, 6.07) is 8.09. The molecule has 8 heteroatoms. The molecule has 156 valence electrons. The lowest BCUT2D eigenvalue weighted by Gasteiger charge is -2.07. The molecule has 0 spiro atoms. The molecular weight excluding hydrogens is 378 g/mol. The zero-order valence-corrected chi connectivity index (χ0v) is 17.3. The summed E-state index contributed by atoms with van der Waals surface area (Å²) in [7, 11) is 0. The van der Waals surface area contributed by atoms with Crippen LogP contribution in [0.4, 0.5) is 0 Å². The minimum Gasteiger partial charge on any atom is -0.493 e. The fraction of sp³-hybridized carbons (Fsp3) is 0.318. The van der Waals surface area contributed by atoms with Gasteiger partial charge in [0, 0.05) is 41.3 Å². The molecule has 30 heavy (non-hydrogen) atoms. The molecule has 0 radical (unpaired) electrons. The molecule has 1 aromatic carbocycles. The Morgan fingerprint density at radius 3 is 2.83 bits per heavy atom. The monoisotopic (exact) mass is 405 g/mol. The van der Waals surface area contributed by atoms with Gasteiger partial charge in [-0.25, -0.2) is 9.97 Å². The summed E-state index contributed by atoms with van der Waals surface area (Å²) in [6.45, 7) is 4.66. The van der Waals surface area contributed by atoms with Crippen LogP contribution in [0.2, 0.25) is 0 Å². The van der Waals surface area contributed by atoms with Gasteiger partial charge in [-0.1, -0.05) is 32.0 Å². The van der Waals surface area contributed by atoms with Crippen LogP contribution in [0.3, 0.4) is 0 Å². The zero-order valence-electron chi connectivity index (χ0n) is 17.3. The molecule has 0 amide bonds. The average molecular weight is 406 g/mol. The molecule has 0 aliphatic heterocycles. The number of rotatable bonds is 7. The summed E-state index contributed by atoms with van der Waals surface area (Å²) < 4.78 is 1.75. The first-order chi connectivity index (χ1) is 14.5. The molecular formula is C22H27N7O. The Labute approximate surface area is 174 Å². The van der Waals surface area contributed by atoms with Crippen molar-refractivity contribution in [1.82, 2.24) is 19.4 Å². The van der Waals surface area contributed by atoms with Crippen LogP contribution in [0.5, 0.6) is 5.88 Å². The van der Waals surface area contributed by atoms with E-state index in [0.717, 1.165) is 40.7 Å². The van der Waals surface area contributed by atoms with Gasteiger partial charge < -0.3 is 21.6 Å². The van der Waals surface area contributed by atoms with E-state index in [9.17, 15) is 5.11 Å². The summed E-state index contributed by atoms with van der Waals surface area (Å²) in [5.41, 5.74) is 15.9. The van der Waals surface area contributed by atoms with Crippen molar-refractivity contribution in [2.75, 3.05) is 6.54 Å².